The fourth-order valence-corrected chi connectivity index (χ4v) is 4.45. The van der Waals surface area contributed by atoms with Crippen LogP contribution < -0.4 is 0 Å². The number of phenolic OH excluding ortho intramolecular Hbond substituents is 1. The second-order valence-electron chi connectivity index (χ2n) is 8.07. The number of piperidine rings is 1. The van der Waals surface area contributed by atoms with Gasteiger partial charge in [-0.3, -0.25) is 9.69 Å². The molecule has 2 heterocycles. The van der Waals surface area contributed by atoms with E-state index in [4.69, 9.17) is 0 Å². The van der Waals surface area contributed by atoms with Crippen LogP contribution in [0.4, 0.5) is 0 Å². The molecule has 2 atom stereocenters. The van der Waals surface area contributed by atoms with E-state index in [1.165, 1.54) is 0 Å². The van der Waals surface area contributed by atoms with Crippen molar-refractivity contribution in [3.05, 3.63) is 29.3 Å². The van der Waals surface area contributed by atoms with Crippen LogP contribution in [0.3, 0.4) is 0 Å². The fourth-order valence-electron chi connectivity index (χ4n) is 4.45. The summed E-state index contributed by atoms with van der Waals surface area (Å²) in [4.78, 5) is 19.9. The number of likely N-dealkylation sites (N-methyl/N-ethyl adjacent to an activating group) is 1. The van der Waals surface area contributed by atoms with Gasteiger partial charge in [0.25, 0.3) is 5.91 Å². The number of carbonyl (C=O) groups excluding carboxylic acids is 1. The highest BCUT2D eigenvalue weighted by Crippen LogP contribution is 2.28. The van der Waals surface area contributed by atoms with Gasteiger partial charge in [-0.2, -0.15) is 0 Å². The van der Waals surface area contributed by atoms with Gasteiger partial charge >= 0.3 is 0 Å². The molecule has 2 aliphatic rings. The Hall–Kier alpha value is -1.63. The second kappa shape index (κ2) is 9.04. The number of piperazine rings is 1. The molecule has 1 aromatic carbocycles. The fraction of sp³-hybridized carbons (Fsp3) is 0.667. The van der Waals surface area contributed by atoms with Crippen LogP contribution in [0.5, 0.6) is 5.75 Å². The number of carbonyl (C=O) groups is 1. The molecule has 27 heavy (non-hydrogen) atoms. The molecule has 2 fully saturated rings. The predicted molar refractivity (Wildman–Crippen MR) is 106 cm³/mol. The lowest BCUT2D eigenvalue weighted by Crippen LogP contribution is -2.56. The molecule has 0 radical (unpaired) electrons. The first kappa shape index (κ1) is 20.1. The average Bonchev–Trinajstić information content (AvgIpc) is 2.68. The van der Waals surface area contributed by atoms with E-state index in [2.05, 4.69) is 16.8 Å². The van der Waals surface area contributed by atoms with E-state index in [1.807, 2.05) is 11.8 Å². The first-order valence-corrected chi connectivity index (χ1v) is 10.1. The van der Waals surface area contributed by atoms with Crippen molar-refractivity contribution in [1.82, 2.24) is 14.7 Å². The number of nitrogens with zero attached hydrogens (tertiary/aromatic N) is 3. The number of amides is 1. The van der Waals surface area contributed by atoms with E-state index in [0.29, 0.717) is 17.5 Å². The molecule has 3 rings (SSSR count). The van der Waals surface area contributed by atoms with Gasteiger partial charge < -0.3 is 20.0 Å². The van der Waals surface area contributed by atoms with Crippen molar-refractivity contribution in [2.45, 2.75) is 32.2 Å². The zero-order valence-electron chi connectivity index (χ0n) is 16.6. The van der Waals surface area contributed by atoms with Crippen LogP contribution in [0.25, 0.3) is 0 Å². The Morgan fingerprint density at radius 2 is 1.93 bits per heavy atom. The minimum Gasteiger partial charge on any atom is -0.508 e. The molecule has 1 aromatic rings. The van der Waals surface area contributed by atoms with Gasteiger partial charge in [0.1, 0.15) is 5.75 Å². The number of rotatable bonds is 5. The number of phenols is 1. The van der Waals surface area contributed by atoms with Crippen LogP contribution in [-0.4, -0.2) is 89.8 Å². The third-order valence-corrected chi connectivity index (χ3v) is 6.16. The summed E-state index contributed by atoms with van der Waals surface area (Å²) in [5.74, 6) is 0.668. The summed E-state index contributed by atoms with van der Waals surface area (Å²) in [6.45, 7) is 7.90. The summed E-state index contributed by atoms with van der Waals surface area (Å²) in [6, 6.07) is 5.58. The lowest BCUT2D eigenvalue weighted by Gasteiger charge is -2.46. The van der Waals surface area contributed by atoms with Crippen LogP contribution >= 0.6 is 0 Å². The van der Waals surface area contributed by atoms with Crippen molar-refractivity contribution >= 4 is 5.91 Å². The van der Waals surface area contributed by atoms with Crippen molar-refractivity contribution in [2.24, 2.45) is 5.92 Å². The molecule has 2 unspecified atom stereocenters. The summed E-state index contributed by atoms with van der Waals surface area (Å²) in [5.41, 5.74) is 1.37. The molecule has 0 aromatic heterocycles. The Kier molecular flexibility index (Phi) is 6.73. The highest BCUT2D eigenvalue weighted by atomic mass is 16.3. The Labute approximate surface area is 162 Å². The summed E-state index contributed by atoms with van der Waals surface area (Å²) in [5, 5.41) is 19.0. The Morgan fingerprint density at radius 1 is 1.19 bits per heavy atom. The average molecular weight is 376 g/mol. The van der Waals surface area contributed by atoms with Gasteiger partial charge in [0.05, 0.1) is 0 Å². The van der Waals surface area contributed by atoms with Crippen molar-refractivity contribution in [1.29, 1.82) is 0 Å². The highest BCUT2D eigenvalue weighted by molar-refractivity contribution is 5.94. The third-order valence-electron chi connectivity index (χ3n) is 6.16. The molecule has 1 amide bonds. The zero-order valence-corrected chi connectivity index (χ0v) is 16.6. The van der Waals surface area contributed by atoms with E-state index >= 15 is 0 Å². The summed E-state index contributed by atoms with van der Waals surface area (Å²) < 4.78 is 0. The molecular weight excluding hydrogens is 342 g/mol. The van der Waals surface area contributed by atoms with Crippen LogP contribution in [-0.2, 0) is 0 Å². The smallest absolute Gasteiger partial charge is 0.253 e. The highest BCUT2D eigenvalue weighted by Gasteiger charge is 2.35. The summed E-state index contributed by atoms with van der Waals surface area (Å²) in [7, 11) is 2.17. The van der Waals surface area contributed by atoms with Gasteiger partial charge in [-0.25, -0.2) is 0 Å². The maximum Gasteiger partial charge on any atom is 0.253 e. The third kappa shape index (κ3) is 4.81. The summed E-state index contributed by atoms with van der Waals surface area (Å²) >= 11 is 0. The first-order chi connectivity index (χ1) is 13.0. The van der Waals surface area contributed by atoms with Gasteiger partial charge in [-0.1, -0.05) is 0 Å². The van der Waals surface area contributed by atoms with Crippen molar-refractivity contribution in [2.75, 3.05) is 52.9 Å². The minimum absolute atomic E-state index is 0.0453. The van der Waals surface area contributed by atoms with Gasteiger partial charge in [-0.15, -0.1) is 0 Å². The number of likely N-dealkylation sites (tertiary alicyclic amines) is 1. The van der Waals surface area contributed by atoms with Crippen molar-refractivity contribution < 1.29 is 15.0 Å². The standard InChI is InChI=1S/C21H33N3O3/c1-16-14-17(5-6-20(16)26)21(27)24-8-7-19(18(15-24)4-3-13-25)23-11-9-22(2)10-12-23/h5-6,14,18-19,25-26H,3-4,7-13,15H2,1-2H3. The zero-order chi connectivity index (χ0) is 19.4. The molecule has 6 heteroatoms. The number of benzene rings is 1. The van der Waals surface area contributed by atoms with Gasteiger partial charge in [0.2, 0.25) is 0 Å². The Bertz CT molecular complexity index is 644. The van der Waals surface area contributed by atoms with Gasteiger partial charge in [0, 0.05) is 57.5 Å². The van der Waals surface area contributed by atoms with Crippen LogP contribution in [0, 0.1) is 12.8 Å². The van der Waals surface area contributed by atoms with Crippen LogP contribution in [0.1, 0.15) is 35.2 Å². The van der Waals surface area contributed by atoms with Crippen LogP contribution in [0.2, 0.25) is 0 Å². The van der Waals surface area contributed by atoms with E-state index in [9.17, 15) is 15.0 Å². The molecule has 6 nitrogen and oxygen atoms in total. The molecule has 150 valence electrons. The molecule has 2 N–H and O–H groups in total. The van der Waals surface area contributed by atoms with E-state index in [-0.39, 0.29) is 18.3 Å². The number of aliphatic hydroxyl groups excluding tert-OH is 1. The Morgan fingerprint density at radius 3 is 2.59 bits per heavy atom. The van der Waals surface area contributed by atoms with Crippen molar-refractivity contribution in [3.8, 4) is 5.75 Å². The minimum atomic E-state index is 0.0453. The molecular formula is C21H33N3O3. The normalized spacial score (nSPS) is 24.9. The Balaban J connectivity index is 1.69. The predicted octanol–water partition coefficient (Wildman–Crippen LogP) is 1.55. The van der Waals surface area contributed by atoms with Gasteiger partial charge in [0.15, 0.2) is 0 Å². The number of aryl methyl sites for hydroxylation is 1. The molecule has 2 aliphatic heterocycles. The number of hydrogen-bond acceptors (Lipinski definition) is 5. The molecule has 0 bridgehead atoms. The second-order valence-corrected chi connectivity index (χ2v) is 8.07. The van der Waals surface area contributed by atoms with E-state index in [0.717, 1.165) is 64.1 Å². The first-order valence-electron chi connectivity index (χ1n) is 10.1. The molecule has 0 aliphatic carbocycles. The van der Waals surface area contributed by atoms with E-state index < -0.39 is 0 Å². The number of hydrogen-bond donors (Lipinski definition) is 2. The van der Waals surface area contributed by atoms with Crippen molar-refractivity contribution in [3.63, 3.8) is 0 Å². The number of aliphatic hydroxyl groups is 1. The maximum atomic E-state index is 13.0. The SMILES string of the molecule is Cc1cc(C(=O)N2CCC(N3CCN(C)CC3)C(CCCO)C2)ccc1O. The molecule has 2 saturated heterocycles. The maximum absolute atomic E-state index is 13.0. The lowest BCUT2D eigenvalue weighted by atomic mass is 9.86. The van der Waals surface area contributed by atoms with Crippen LogP contribution in [0.15, 0.2) is 18.2 Å². The largest absolute Gasteiger partial charge is 0.508 e. The quantitative estimate of drug-likeness (QED) is 0.817. The monoisotopic (exact) mass is 375 g/mol. The lowest BCUT2D eigenvalue weighted by molar-refractivity contribution is 0.0218. The van der Waals surface area contributed by atoms with Gasteiger partial charge in [-0.05, 0) is 62.9 Å². The number of aromatic hydroxyl groups is 1. The molecule has 0 spiro atoms. The summed E-state index contributed by atoms with van der Waals surface area (Å²) in [6.07, 6.45) is 2.73. The molecule has 0 saturated carbocycles. The van der Waals surface area contributed by atoms with E-state index in [1.54, 1.807) is 18.2 Å². The topological polar surface area (TPSA) is 67.3 Å².